The topological polar surface area (TPSA) is 65.7 Å². The zero-order valence-electron chi connectivity index (χ0n) is 12.8. The maximum absolute atomic E-state index is 12.8. The van der Waals surface area contributed by atoms with Crippen molar-refractivity contribution in [3.63, 3.8) is 0 Å². The average Bonchev–Trinajstić information content (AvgIpc) is 2.62. The molecule has 0 unspecified atom stereocenters. The number of benzene rings is 2. The summed E-state index contributed by atoms with van der Waals surface area (Å²) in [5.74, 6) is 0. The number of fused-ring (bicyclic) bond motifs is 4. The Morgan fingerprint density at radius 3 is 2.42 bits per heavy atom. The van der Waals surface area contributed by atoms with Crippen LogP contribution in [0.15, 0.2) is 52.1 Å². The number of rotatable bonds is 0. The predicted molar refractivity (Wildman–Crippen MR) is 97.6 cm³/mol. The van der Waals surface area contributed by atoms with Crippen molar-refractivity contribution in [3.05, 3.63) is 74.2 Å². The van der Waals surface area contributed by atoms with Crippen LogP contribution in [0.25, 0.3) is 38.8 Å². The number of pyridine rings is 2. The van der Waals surface area contributed by atoms with Gasteiger partial charge in [-0.25, -0.2) is 0 Å². The summed E-state index contributed by atoms with van der Waals surface area (Å²) in [4.78, 5) is 32.2. The molecule has 116 valence electrons. The minimum atomic E-state index is -0.0142. The maximum atomic E-state index is 12.8. The van der Waals surface area contributed by atoms with E-state index in [2.05, 4.69) is 9.97 Å². The first kappa shape index (κ1) is 13.3. The van der Waals surface area contributed by atoms with Crippen molar-refractivity contribution >= 4 is 38.8 Å². The van der Waals surface area contributed by atoms with E-state index in [-0.39, 0.29) is 10.9 Å². The van der Waals surface area contributed by atoms with Gasteiger partial charge in [0.05, 0.1) is 11.0 Å². The fourth-order valence-corrected chi connectivity index (χ4v) is 3.58. The van der Waals surface area contributed by atoms with Crippen LogP contribution in [0.5, 0.6) is 0 Å². The highest BCUT2D eigenvalue weighted by atomic mass is 16.1. The van der Waals surface area contributed by atoms with Crippen LogP contribution in [0.3, 0.4) is 0 Å². The van der Waals surface area contributed by atoms with Crippen molar-refractivity contribution in [2.45, 2.75) is 12.8 Å². The Balaban J connectivity index is 1.99. The third-order valence-corrected chi connectivity index (χ3v) is 4.79. The van der Waals surface area contributed by atoms with Gasteiger partial charge in [-0.3, -0.25) is 9.59 Å². The molecule has 0 aliphatic heterocycles. The van der Waals surface area contributed by atoms with E-state index >= 15 is 0 Å². The first-order chi connectivity index (χ1) is 11.7. The summed E-state index contributed by atoms with van der Waals surface area (Å²) in [7, 11) is 0. The lowest BCUT2D eigenvalue weighted by Gasteiger charge is -2.12. The second-order valence-electron chi connectivity index (χ2n) is 6.23. The fraction of sp³-hybridized carbons (Fsp3) is 0.100. The van der Waals surface area contributed by atoms with E-state index in [0.717, 1.165) is 35.1 Å². The Kier molecular flexibility index (Phi) is 2.59. The van der Waals surface area contributed by atoms with E-state index in [0.29, 0.717) is 21.7 Å². The first-order valence-electron chi connectivity index (χ1n) is 8.02. The minimum Gasteiger partial charge on any atom is -0.358 e. The molecule has 1 aliphatic carbocycles. The molecular formula is C20H14N2O2. The Morgan fingerprint density at radius 2 is 1.54 bits per heavy atom. The molecule has 0 fully saturated rings. The molecule has 1 aliphatic rings. The third kappa shape index (κ3) is 1.74. The number of hydrogen-bond donors (Lipinski definition) is 2. The second-order valence-corrected chi connectivity index (χ2v) is 6.23. The highest BCUT2D eigenvalue weighted by molar-refractivity contribution is 6.00. The molecule has 4 nitrogen and oxygen atoms in total. The van der Waals surface area contributed by atoms with Crippen LogP contribution in [0, 0.1) is 0 Å². The standard InChI is InChI=1S/C20H14N2O2/c23-19-11-5-1-3-7-15(11)21-17-10-14-18(9-13(17)19)22-16-8-4-2-6-12(16)20(14)24/h1-3,5-7,9-10H,4,8H2,(H,21,23)(H,22,24). The lowest BCUT2D eigenvalue weighted by molar-refractivity contribution is 0.935. The van der Waals surface area contributed by atoms with Gasteiger partial charge in [0.15, 0.2) is 10.9 Å². The van der Waals surface area contributed by atoms with E-state index in [9.17, 15) is 9.59 Å². The Bertz CT molecular complexity index is 1290. The number of allylic oxidation sites excluding steroid dienone is 1. The zero-order chi connectivity index (χ0) is 16.3. The van der Waals surface area contributed by atoms with Crippen LogP contribution in [-0.2, 0) is 6.42 Å². The largest absolute Gasteiger partial charge is 0.358 e. The minimum absolute atomic E-state index is 0.0142. The van der Waals surface area contributed by atoms with Gasteiger partial charge in [0.25, 0.3) is 0 Å². The highest BCUT2D eigenvalue weighted by Crippen LogP contribution is 2.22. The second kappa shape index (κ2) is 4.68. The maximum Gasteiger partial charge on any atom is 0.197 e. The molecule has 2 N–H and O–H groups in total. The van der Waals surface area contributed by atoms with Crippen molar-refractivity contribution < 1.29 is 0 Å². The van der Waals surface area contributed by atoms with Gasteiger partial charge in [-0.15, -0.1) is 0 Å². The molecule has 2 aromatic carbocycles. The molecule has 4 heteroatoms. The van der Waals surface area contributed by atoms with Gasteiger partial charge in [0, 0.05) is 32.9 Å². The molecule has 0 atom stereocenters. The van der Waals surface area contributed by atoms with Crippen molar-refractivity contribution in [2.75, 3.05) is 0 Å². The number of aromatic nitrogens is 2. The van der Waals surface area contributed by atoms with Crippen molar-refractivity contribution in [3.8, 4) is 0 Å². The number of aromatic amines is 2. The third-order valence-electron chi connectivity index (χ3n) is 4.79. The van der Waals surface area contributed by atoms with Gasteiger partial charge < -0.3 is 9.97 Å². The van der Waals surface area contributed by atoms with Crippen LogP contribution < -0.4 is 10.9 Å². The van der Waals surface area contributed by atoms with Gasteiger partial charge in [0.1, 0.15) is 0 Å². The average molecular weight is 314 g/mol. The van der Waals surface area contributed by atoms with Crippen LogP contribution in [0.2, 0.25) is 0 Å². The summed E-state index contributed by atoms with van der Waals surface area (Å²) < 4.78 is 0. The summed E-state index contributed by atoms with van der Waals surface area (Å²) in [5, 5.41) is 1.87. The van der Waals surface area contributed by atoms with E-state index in [1.807, 2.05) is 36.4 Å². The highest BCUT2D eigenvalue weighted by Gasteiger charge is 2.14. The van der Waals surface area contributed by atoms with Gasteiger partial charge in [0.2, 0.25) is 0 Å². The summed E-state index contributed by atoms with van der Waals surface area (Å²) in [5.41, 5.74) is 3.88. The fourth-order valence-electron chi connectivity index (χ4n) is 3.58. The molecular weight excluding hydrogens is 300 g/mol. The molecule has 0 amide bonds. The Hall–Kier alpha value is -3.14. The van der Waals surface area contributed by atoms with Crippen molar-refractivity contribution in [1.29, 1.82) is 0 Å². The number of nitrogens with one attached hydrogen (secondary N) is 2. The zero-order valence-corrected chi connectivity index (χ0v) is 12.8. The number of hydrogen-bond acceptors (Lipinski definition) is 2. The quantitative estimate of drug-likeness (QED) is 0.488. The lowest BCUT2D eigenvalue weighted by atomic mass is 9.99. The monoisotopic (exact) mass is 314 g/mol. The summed E-state index contributed by atoms with van der Waals surface area (Å²) in [6, 6.07) is 11.0. The van der Waals surface area contributed by atoms with Crippen LogP contribution in [0.1, 0.15) is 17.7 Å². The number of H-pyrrole nitrogens is 2. The van der Waals surface area contributed by atoms with E-state index in [4.69, 9.17) is 0 Å². The molecule has 0 radical (unpaired) electrons. The van der Waals surface area contributed by atoms with E-state index in [1.54, 1.807) is 12.1 Å². The molecule has 5 rings (SSSR count). The van der Waals surface area contributed by atoms with Crippen molar-refractivity contribution in [2.24, 2.45) is 0 Å². The molecule has 2 heterocycles. The molecule has 0 spiro atoms. The molecule has 0 saturated carbocycles. The molecule has 0 bridgehead atoms. The Labute approximate surface area is 136 Å². The van der Waals surface area contributed by atoms with Gasteiger partial charge in [-0.1, -0.05) is 24.3 Å². The van der Waals surface area contributed by atoms with E-state index in [1.165, 1.54) is 0 Å². The van der Waals surface area contributed by atoms with Crippen LogP contribution in [0.4, 0.5) is 0 Å². The summed E-state index contributed by atoms with van der Waals surface area (Å²) in [6.45, 7) is 0. The number of aryl methyl sites for hydroxylation is 1. The first-order valence-corrected chi connectivity index (χ1v) is 8.02. The van der Waals surface area contributed by atoms with Crippen molar-refractivity contribution in [1.82, 2.24) is 9.97 Å². The summed E-state index contributed by atoms with van der Waals surface area (Å²) >= 11 is 0. The smallest absolute Gasteiger partial charge is 0.197 e. The van der Waals surface area contributed by atoms with Gasteiger partial charge in [-0.2, -0.15) is 0 Å². The Morgan fingerprint density at radius 1 is 0.792 bits per heavy atom. The van der Waals surface area contributed by atoms with Gasteiger partial charge >= 0.3 is 0 Å². The number of para-hydroxylation sites is 1. The molecule has 0 saturated heterocycles. The van der Waals surface area contributed by atoms with Crippen LogP contribution >= 0.6 is 0 Å². The normalized spacial score (nSPS) is 13.7. The molecule has 2 aromatic heterocycles. The lowest BCUT2D eigenvalue weighted by Crippen LogP contribution is -2.14. The molecule has 4 aromatic rings. The predicted octanol–water partition coefficient (Wildman–Crippen LogP) is 3.48. The molecule has 24 heavy (non-hydrogen) atoms. The van der Waals surface area contributed by atoms with Crippen LogP contribution in [-0.4, -0.2) is 9.97 Å². The summed E-state index contributed by atoms with van der Waals surface area (Å²) in [6.07, 6.45) is 5.67. The SMILES string of the molecule is O=c1c2c([nH]c3cc4c(=O)c5ccccc5[nH]c4cc13)CCC=C2. The van der Waals surface area contributed by atoms with Gasteiger partial charge in [-0.05, 0) is 37.1 Å². The van der Waals surface area contributed by atoms with E-state index < -0.39 is 0 Å².